The van der Waals surface area contributed by atoms with Gasteiger partial charge in [0, 0.05) is 25.5 Å². The van der Waals surface area contributed by atoms with Crippen molar-refractivity contribution >= 4 is 5.84 Å². The molecule has 1 fully saturated rings. The third-order valence-corrected chi connectivity index (χ3v) is 3.55. The molecule has 0 spiro atoms. The summed E-state index contributed by atoms with van der Waals surface area (Å²) in [7, 11) is 1.58. The van der Waals surface area contributed by atoms with Crippen LogP contribution < -0.4 is 11.6 Å². The van der Waals surface area contributed by atoms with Gasteiger partial charge in [-0.05, 0) is 24.3 Å². The SMILES string of the molecule is CN(N)/N=C(\N)c1ccc(CC2CCC(F)(F)C2)cc1. The summed E-state index contributed by atoms with van der Waals surface area (Å²) in [5, 5.41) is 5.05. The summed E-state index contributed by atoms with van der Waals surface area (Å²) in [6, 6.07) is 7.49. The number of halogens is 2. The van der Waals surface area contributed by atoms with Crippen LogP contribution in [0.1, 0.15) is 30.4 Å². The van der Waals surface area contributed by atoms with Crippen LogP contribution in [0.2, 0.25) is 0 Å². The Morgan fingerprint density at radius 2 is 2.05 bits per heavy atom. The number of nitrogens with zero attached hydrogens (tertiary/aromatic N) is 2. The van der Waals surface area contributed by atoms with Gasteiger partial charge in [0.1, 0.15) is 0 Å². The Hall–Kier alpha value is -1.69. The lowest BCUT2D eigenvalue weighted by atomic mass is 9.97. The van der Waals surface area contributed by atoms with Crippen LogP contribution in [0.5, 0.6) is 0 Å². The van der Waals surface area contributed by atoms with E-state index >= 15 is 0 Å². The van der Waals surface area contributed by atoms with Crippen molar-refractivity contribution in [3.63, 3.8) is 0 Å². The van der Waals surface area contributed by atoms with E-state index in [1.165, 1.54) is 0 Å². The molecule has 0 saturated heterocycles. The first-order valence-electron chi connectivity index (χ1n) is 6.65. The molecule has 1 atom stereocenters. The van der Waals surface area contributed by atoms with Crippen LogP contribution in [0.3, 0.4) is 0 Å². The fourth-order valence-corrected chi connectivity index (χ4v) is 2.59. The molecule has 1 aliphatic carbocycles. The van der Waals surface area contributed by atoms with Crippen molar-refractivity contribution in [2.75, 3.05) is 7.05 Å². The van der Waals surface area contributed by atoms with Crippen LogP contribution in [0, 0.1) is 5.92 Å². The molecule has 0 heterocycles. The summed E-state index contributed by atoms with van der Waals surface area (Å²) in [4.78, 5) is 0. The number of hydrazone groups is 1. The summed E-state index contributed by atoms with van der Waals surface area (Å²) < 4.78 is 26.3. The van der Waals surface area contributed by atoms with Gasteiger partial charge in [0.2, 0.25) is 5.92 Å². The quantitative estimate of drug-likeness (QED) is 0.384. The molecule has 0 aromatic heterocycles. The number of hydrogen-bond acceptors (Lipinski definition) is 3. The molecule has 1 unspecified atom stereocenters. The van der Waals surface area contributed by atoms with Gasteiger partial charge in [0.05, 0.1) is 0 Å². The number of hydrogen-bond donors (Lipinski definition) is 2. The van der Waals surface area contributed by atoms with Crippen LogP contribution in [-0.2, 0) is 6.42 Å². The normalized spacial score (nSPS) is 22.0. The second-order valence-electron chi connectivity index (χ2n) is 5.42. The fraction of sp³-hybridized carbons (Fsp3) is 0.500. The van der Waals surface area contributed by atoms with E-state index in [9.17, 15) is 8.78 Å². The maximum Gasteiger partial charge on any atom is 0.248 e. The number of hydrazine groups is 1. The Balaban J connectivity index is 1.99. The topological polar surface area (TPSA) is 67.6 Å². The third-order valence-electron chi connectivity index (χ3n) is 3.55. The predicted molar refractivity (Wildman–Crippen MR) is 75.1 cm³/mol. The first-order chi connectivity index (χ1) is 9.35. The van der Waals surface area contributed by atoms with Gasteiger partial charge in [-0.15, -0.1) is 5.10 Å². The van der Waals surface area contributed by atoms with Gasteiger partial charge in [-0.3, -0.25) is 0 Å². The van der Waals surface area contributed by atoms with Gasteiger partial charge in [-0.25, -0.2) is 19.7 Å². The predicted octanol–water partition coefficient (Wildman–Crippen LogP) is 2.09. The molecule has 0 bridgehead atoms. The fourth-order valence-electron chi connectivity index (χ4n) is 2.59. The first-order valence-corrected chi connectivity index (χ1v) is 6.65. The number of alkyl halides is 2. The summed E-state index contributed by atoms with van der Waals surface area (Å²) in [6.45, 7) is 0. The molecule has 2 rings (SSSR count). The summed E-state index contributed by atoms with van der Waals surface area (Å²) >= 11 is 0. The molecule has 1 aromatic carbocycles. The zero-order chi connectivity index (χ0) is 14.8. The van der Waals surface area contributed by atoms with E-state index in [4.69, 9.17) is 11.6 Å². The number of nitrogens with two attached hydrogens (primary N) is 2. The van der Waals surface area contributed by atoms with Crippen molar-refractivity contribution in [3.05, 3.63) is 35.4 Å². The van der Waals surface area contributed by atoms with Crippen LogP contribution in [0.15, 0.2) is 29.4 Å². The standard InChI is InChI=1S/C14H20F2N4/c1-20(18)19-13(17)12-4-2-10(3-5-12)8-11-6-7-14(15,16)9-11/h2-5,11H,6-9,18H2,1H3,(H2,17,19). The molecule has 1 saturated carbocycles. The van der Waals surface area contributed by atoms with Crippen LogP contribution in [0.25, 0.3) is 0 Å². The van der Waals surface area contributed by atoms with E-state index in [2.05, 4.69) is 5.10 Å². The molecule has 110 valence electrons. The van der Waals surface area contributed by atoms with Gasteiger partial charge in [0.15, 0.2) is 5.84 Å². The number of rotatable bonds is 4. The lowest BCUT2D eigenvalue weighted by Crippen LogP contribution is -2.25. The highest BCUT2D eigenvalue weighted by Gasteiger charge is 2.39. The average molecular weight is 282 g/mol. The van der Waals surface area contributed by atoms with Crippen molar-refractivity contribution in [1.82, 2.24) is 5.12 Å². The Labute approximate surface area is 117 Å². The van der Waals surface area contributed by atoms with E-state index in [1.54, 1.807) is 7.05 Å². The molecule has 0 aliphatic heterocycles. The monoisotopic (exact) mass is 282 g/mol. The molecule has 1 aliphatic rings. The first kappa shape index (κ1) is 14.7. The van der Waals surface area contributed by atoms with Crippen LogP contribution >= 0.6 is 0 Å². The van der Waals surface area contributed by atoms with Crippen molar-refractivity contribution in [2.24, 2.45) is 22.6 Å². The maximum absolute atomic E-state index is 13.1. The molecular formula is C14H20F2N4. The average Bonchev–Trinajstić information content (AvgIpc) is 2.68. The van der Waals surface area contributed by atoms with E-state index in [0.29, 0.717) is 18.7 Å². The second-order valence-corrected chi connectivity index (χ2v) is 5.42. The Kier molecular flexibility index (Phi) is 4.23. The Bertz CT molecular complexity index is 482. The minimum Gasteiger partial charge on any atom is -0.382 e. The van der Waals surface area contributed by atoms with Crippen molar-refractivity contribution in [2.45, 2.75) is 31.6 Å². The molecule has 6 heteroatoms. The third kappa shape index (κ3) is 3.90. The Morgan fingerprint density at radius 1 is 1.40 bits per heavy atom. The van der Waals surface area contributed by atoms with Gasteiger partial charge in [-0.1, -0.05) is 24.3 Å². The lowest BCUT2D eigenvalue weighted by Gasteiger charge is -2.11. The highest BCUT2D eigenvalue weighted by atomic mass is 19.3. The zero-order valence-electron chi connectivity index (χ0n) is 11.5. The van der Waals surface area contributed by atoms with Crippen molar-refractivity contribution in [3.8, 4) is 0 Å². The molecule has 0 radical (unpaired) electrons. The molecular weight excluding hydrogens is 262 g/mol. The maximum atomic E-state index is 13.1. The Morgan fingerprint density at radius 3 is 2.55 bits per heavy atom. The highest BCUT2D eigenvalue weighted by Crippen LogP contribution is 2.40. The zero-order valence-corrected chi connectivity index (χ0v) is 11.5. The van der Waals surface area contributed by atoms with Gasteiger partial charge in [0.25, 0.3) is 0 Å². The molecule has 4 N–H and O–H groups in total. The molecule has 4 nitrogen and oxygen atoms in total. The summed E-state index contributed by atoms with van der Waals surface area (Å²) in [5.41, 5.74) is 7.59. The lowest BCUT2D eigenvalue weighted by molar-refractivity contribution is 0.00508. The largest absolute Gasteiger partial charge is 0.382 e. The van der Waals surface area contributed by atoms with E-state index in [0.717, 1.165) is 16.2 Å². The van der Waals surface area contributed by atoms with Crippen molar-refractivity contribution in [1.29, 1.82) is 0 Å². The number of amidine groups is 1. The molecule has 1 aromatic rings. The summed E-state index contributed by atoms with van der Waals surface area (Å²) in [6.07, 6.45) is 1.29. The second kappa shape index (κ2) is 5.75. The van der Waals surface area contributed by atoms with Crippen LogP contribution in [0.4, 0.5) is 8.78 Å². The van der Waals surface area contributed by atoms with Gasteiger partial charge in [-0.2, -0.15) is 0 Å². The van der Waals surface area contributed by atoms with E-state index in [-0.39, 0.29) is 18.8 Å². The minimum absolute atomic E-state index is 0.00365. The molecule has 20 heavy (non-hydrogen) atoms. The van der Waals surface area contributed by atoms with E-state index in [1.807, 2.05) is 24.3 Å². The van der Waals surface area contributed by atoms with Crippen LogP contribution in [-0.4, -0.2) is 23.9 Å². The minimum atomic E-state index is -2.48. The molecule has 0 amide bonds. The smallest absolute Gasteiger partial charge is 0.248 e. The van der Waals surface area contributed by atoms with Gasteiger partial charge >= 0.3 is 0 Å². The van der Waals surface area contributed by atoms with Gasteiger partial charge < -0.3 is 5.73 Å². The van der Waals surface area contributed by atoms with E-state index < -0.39 is 5.92 Å². The highest BCUT2D eigenvalue weighted by molar-refractivity contribution is 5.97. The van der Waals surface area contributed by atoms with Crippen molar-refractivity contribution < 1.29 is 8.78 Å². The number of benzene rings is 1. The summed E-state index contributed by atoms with van der Waals surface area (Å²) in [5.74, 6) is 3.31.